The van der Waals surface area contributed by atoms with Gasteiger partial charge in [0.1, 0.15) is 0 Å². The van der Waals surface area contributed by atoms with Crippen LogP contribution in [0.5, 0.6) is 0 Å². The summed E-state index contributed by atoms with van der Waals surface area (Å²) >= 11 is 0. The van der Waals surface area contributed by atoms with E-state index in [-0.39, 0.29) is 0 Å². The van der Waals surface area contributed by atoms with Crippen molar-refractivity contribution in [1.82, 2.24) is 4.90 Å². The Kier molecular flexibility index (Phi) is 4.71. The van der Waals surface area contributed by atoms with Gasteiger partial charge in [0.05, 0.1) is 0 Å². The predicted molar refractivity (Wildman–Crippen MR) is 78.6 cm³/mol. The summed E-state index contributed by atoms with van der Waals surface area (Å²) in [5.41, 5.74) is 6.53. The van der Waals surface area contributed by atoms with Crippen molar-refractivity contribution in [2.75, 3.05) is 19.6 Å². The second kappa shape index (κ2) is 5.92. The lowest BCUT2D eigenvalue weighted by molar-refractivity contribution is 0.0469. The maximum absolute atomic E-state index is 6.17. The SMILES string of the molecule is CCC1CCC(CN)(N2CCC(C(C)C)CC2)C1. The Hall–Kier alpha value is -0.0800. The van der Waals surface area contributed by atoms with E-state index in [1.54, 1.807) is 0 Å². The molecule has 2 fully saturated rings. The van der Waals surface area contributed by atoms with Crippen LogP contribution in [0.3, 0.4) is 0 Å². The highest BCUT2D eigenvalue weighted by atomic mass is 15.2. The molecule has 0 aromatic carbocycles. The van der Waals surface area contributed by atoms with E-state index in [0.717, 1.165) is 24.3 Å². The zero-order valence-electron chi connectivity index (χ0n) is 12.6. The average Bonchev–Trinajstić information content (AvgIpc) is 2.84. The zero-order valence-corrected chi connectivity index (χ0v) is 12.6. The third-order valence-corrected chi connectivity index (χ3v) is 5.80. The Labute approximate surface area is 113 Å². The summed E-state index contributed by atoms with van der Waals surface area (Å²) in [5, 5.41) is 0. The zero-order chi connectivity index (χ0) is 13.2. The van der Waals surface area contributed by atoms with Crippen LogP contribution in [0.1, 0.15) is 59.3 Å². The molecule has 0 amide bonds. The van der Waals surface area contributed by atoms with Crippen molar-refractivity contribution in [2.45, 2.75) is 64.8 Å². The largest absolute Gasteiger partial charge is 0.329 e. The summed E-state index contributed by atoms with van der Waals surface area (Å²) in [6.07, 6.45) is 8.20. The Morgan fingerprint density at radius 1 is 1.22 bits per heavy atom. The molecule has 1 saturated carbocycles. The van der Waals surface area contributed by atoms with Gasteiger partial charge in [0.15, 0.2) is 0 Å². The second-order valence-electron chi connectivity index (χ2n) is 7.01. The molecule has 1 aliphatic heterocycles. The maximum atomic E-state index is 6.17. The monoisotopic (exact) mass is 252 g/mol. The van der Waals surface area contributed by atoms with Crippen LogP contribution in [0, 0.1) is 17.8 Å². The summed E-state index contributed by atoms with van der Waals surface area (Å²) < 4.78 is 0. The first kappa shape index (κ1) is 14.3. The molecule has 1 aliphatic carbocycles. The molecule has 0 radical (unpaired) electrons. The van der Waals surface area contributed by atoms with Crippen LogP contribution < -0.4 is 5.73 Å². The standard InChI is InChI=1S/C16H32N2/c1-4-14-5-8-16(11-14,12-17)18-9-6-15(7-10-18)13(2)3/h13-15H,4-12,17H2,1-3H3. The van der Waals surface area contributed by atoms with Crippen LogP contribution in [0.15, 0.2) is 0 Å². The highest BCUT2D eigenvalue weighted by Crippen LogP contribution is 2.42. The molecular formula is C16H32N2. The van der Waals surface area contributed by atoms with E-state index < -0.39 is 0 Å². The average molecular weight is 252 g/mol. The third kappa shape index (κ3) is 2.75. The Bertz CT molecular complexity index is 256. The van der Waals surface area contributed by atoms with E-state index in [9.17, 15) is 0 Å². The van der Waals surface area contributed by atoms with Crippen molar-refractivity contribution in [3.63, 3.8) is 0 Å². The topological polar surface area (TPSA) is 29.3 Å². The first-order chi connectivity index (χ1) is 8.61. The fraction of sp³-hybridized carbons (Fsp3) is 1.00. The van der Waals surface area contributed by atoms with E-state index in [1.807, 2.05) is 0 Å². The molecule has 1 heterocycles. The fourth-order valence-corrected chi connectivity index (χ4v) is 4.20. The second-order valence-corrected chi connectivity index (χ2v) is 7.01. The summed E-state index contributed by atoms with van der Waals surface area (Å²) in [6.45, 7) is 10.5. The van der Waals surface area contributed by atoms with Crippen LogP contribution >= 0.6 is 0 Å². The lowest BCUT2D eigenvalue weighted by Gasteiger charge is -2.45. The van der Waals surface area contributed by atoms with Crippen LogP contribution in [0.2, 0.25) is 0 Å². The molecule has 2 aliphatic rings. The van der Waals surface area contributed by atoms with Crippen molar-refractivity contribution in [3.05, 3.63) is 0 Å². The van der Waals surface area contributed by atoms with Gasteiger partial charge >= 0.3 is 0 Å². The normalized spacial score (nSPS) is 35.5. The van der Waals surface area contributed by atoms with Gasteiger partial charge in [-0.2, -0.15) is 0 Å². The molecule has 18 heavy (non-hydrogen) atoms. The van der Waals surface area contributed by atoms with Gasteiger partial charge in [-0.05, 0) is 62.9 Å². The molecular weight excluding hydrogens is 220 g/mol. The molecule has 1 saturated heterocycles. The molecule has 2 heteroatoms. The molecule has 0 aromatic heterocycles. The molecule has 0 bridgehead atoms. The molecule has 0 aromatic rings. The number of likely N-dealkylation sites (tertiary alicyclic amines) is 1. The minimum atomic E-state index is 0.364. The van der Waals surface area contributed by atoms with Gasteiger partial charge in [-0.1, -0.05) is 27.2 Å². The molecule has 2 nitrogen and oxygen atoms in total. The van der Waals surface area contributed by atoms with Crippen molar-refractivity contribution in [3.8, 4) is 0 Å². The van der Waals surface area contributed by atoms with Gasteiger partial charge < -0.3 is 5.73 Å². The number of piperidine rings is 1. The van der Waals surface area contributed by atoms with E-state index >= 15 is 0 Å². The van der Waals surface area contributed by atoms with Gasteiger partial charge in [-0.3, -0.25) is 4.90 Å². The van der Waals surface area contributed by atoms with Gasteiger partial charge in [0.2, 0.25) is 0 Å². The molecule has 2 atom stereocenters. The molecule has 2 unspecified atom stereocenters. The summed E-state index contributed by atoms with van der Waals surface area (Å²) in [7, 11) is 0. The Morgan fingerprint density at radius 3 is 2.33 bits per heavy atom. The first-order valence-electron chi connectivity index (χ1n) is 8.06. The molecule has 2 N–H and O–H groups in total. The smallest absolute Gasteiger partial charge is 0.0334 e. The third-order valence-electron chi connectivity index (χ3n) is 5.80. The summed E-state index contributed by atoms with van der Waals surface area (Å²) in [5.74, 6) is 2.73. The Morgan fingerprint density at radius 2 is 1.89 bits per heavy atom. The van der Waals surface area contributed by atoms with Crippen LogP contribution in [-0.4, -0.2) is 30.1 Å². The molecule has 106 valence electrons. The maximum Gasteiger partial charge on any atom is 0.0334 e. The van der Waals surface area contributed by atoms with Crippen molar-refractivity contribution in [1.29, 1.82) is 0 Å². The first-order valence-corrected chi connectivity index (χ1v) is 8.06. The summed E-state index contributed by atoms with van der Waals surface area (Å²) in [4.78, 5) is 2.75. The van der Waals surface area contributed by atoms with Crippen LogP contribution in [0.4, 0.5) is 0 Å². The quantitative estimate of drug-likeness (QED) is 0.832. The molecule has 2 rings (SSSR count). The number of hydrogen-bond acceptors (Lipinski definition) is 2. The van der Waals surface area contributed by atoms with Crippen LogP contribution in [-0.2, 0) is 0 Å². The predicted octanol–water partition coefficient (Wildman–Crippen LogP) is 3.26. The minimum absolute atomic E-state index is 0.364. The van der Waals surface area contributed by atoms with Gasteiger partial charge in [0, 0.05) is 12.1 Å². The number of nitrogens with two attached hydrogens (primary N) is 1. The summed E-state index contributed by atoms with van der Waals surface area (Å²) in [6, 6.07) is 0. The van der Waals surface area contributed by atoms with Gasteiger partial charge in [-0.15, -0.1) is 0 Å². The lowest BCUT2D eigenvalue weighted by atomic mass is 9.83. The number of rotatable bonds is 4. The van der Waals surface area contributed by atoms with E-state index in [2.05, 4.69) is 25.7 Å². The van der Waals surface area contributed by atoms with Crippen molar-refractivity contribution >= 4 is 0 Å². The highest BCUT2D eigenvalue weighted by molar-refractivity contribution is 5.00. The Balaban J connectivity index is 1.95. The van der Waals surface area contributed by atoms with Crippen LogP contribution in [0.25, 0.3) is 0 Å². The minimum Gasteiger partial charge on any atom is -0.329 e. The van der Waals surface area contributed by atoms with Gasteiger partial charge in [-0.25, -0.2) is 0 Å². The fourth-order valence-electron chi connectivity index (χ4n) is 4.20. The van der Waals surface area contributed by atoms with E-state index in [0.29, 0.717) is 5.54 Å². The van der Waals surface area contributed by atoms with E-state index in [1.165, 1.54) is 51.6 Å². The van der Waals surface area contributed by atoms with Gasteiger partial charge in [0.25, 0.3) is 0 Å². The lowest BCUT2D eigenvalue weighted by Crippen LogP contribution is -2.55. The van der Waals surface area contributed by atoms with Crippen molar-refractivity contribution < 1.29 is 0 Å². The number of nitrogens with zero attached hydrogens (tertiary/aromatic N) is 1. The molecule has 0 spiro atoms. The van der Waals surface area contributed by atoms with Crippen molar-refractivity contribution in [2.24, 2.45) is 23.5 Å². The highest BCUT2D eigenvalue weighted by Gasteiger charge is 2.43. The number of hydrogen-bond donors (Lipinski definition) is 1. The van der Waals surface area contributed by atoms with E-state index in [4.69, 9.17) is 5.73 Å².